The number of nitrogen functional groups attached to an aromatic ring is 1. The van der Waals surface area contributed by atoms with Crippen molar-refractivity contribution in [3.05, 3.63) is 35.9 Å². The first-order valence-corrected chi connectivity index (χ1v) is 6.11. The molecule has 0 spiro atoms. The fraction of sp³-hybridized carbons (Fsp3) is 0.286. The first-order chi connectivity index (χ1) is 9.03. The van der Waals surface area contributed by atoms with E-state index in [-0.39, 0.29) is 5.60 Å². The van der Waals surface area contributed by atoms with Gasteiger partial charge in [-0.3, -0.25) is 0 Å². The Morgan fingerprint density at radius 1 is 1.21 bits per heavy atom. The fourth-order valence-electron chi connectivity index (χ4n) is 2.17. The second-order valence-electron chi connectivity index (χ2n) is 5.18. The summed E-state index contributed by atoms with van der Waals surface area (Å²) in [6.07, 6.45) is 0.868. The highest BCUT2D eigenvalue weighted by Gasteiger charge is 2.32. The molecule has 1 aliphatic heterocycles. The molecule has 1 aliphatic rings. The summed E-state index contributed by atoms with van der Waals surface area (Å²) < 4.78 is 11.6. The Morgan fingerprint density at radius 2 is 2.05 bits per heavy atom. The van der Waals surface area contributed by atoms with Crippen molar-refractivity contribution in [1.82, 2.24) is 10.2 Å². The molecule has 0 atom stereocenters. The second kappa shape index (κ2) is 4.12. The van der Waals surface area contributed by atoms with E-state index in [1.807, 2.05) is 18.2 Å². The molecule has 2 heterocycles. The number of rotatable bonds is 2. The number of hydrogen-bond acceptors (Lipinski definition) is 5. The summed E-state index contributed by atoms with van der Waals surface area (Å²) >= 11 is 0. The summed E-state index contributed by atoms with van der Waals surface area (Å²) in [6.45, 7) is 4.11. The summed E-state index contributed by atoms with van der Waals surface area (Å²) in [5.74, 6) is 2.20. The van der Waals surface area contributed by atoms with Crippen LogP contribution >= 0.6 is 0 Å². The smallest absolute Gasteiger partial charge is 0.239 e. The van der Waals surface area contributed by atoms with Crippen molar-refractivity contribution in [2.45, 2.75) is 25.9 Å². The van der Waals surface area contributed by atoms with Crippen LogP contribution in [-0.2, 0) is 6.42 Å². The molecule has 0 aliphatic carbocycles. The van der Waals surface area contributed by atoms with Gasteiger partial charge in [0.25, 0.3) is 0 Å². The van der Waals surface area contributed by atoms with E-state index in [1.165, 1.54) is 0 Å². The molecule has 98 valence electrons. The SMILES string of the molecule is CC1(C)Cc2cccc(Oc3ccc(N)nn3)c2O1. The van der Waals surface area contributed by atoms with E-state index in [9.17, 15) is 0 Å². The molecule has 2 N–H and O–H groups in total. The lowest BCUT2D eigenvalue weighted by molar-refractivity contribution is 0.135. The standard InChI is InChI=1S/C14H15N3O2/c1-14(2)8-9-4-3-5-10(13(9)19-14)18-12-7-6-11(15)16-17-12/h3-7H,8H2,1-2H3,(H2,15,16). The molecule has 5 nitrogen and oxygen atoms in total. The zero-order valence-corrected chi connectivity index (χ0v) is 10.9. The van der Waals surface area contributed by atoms with Crippen LogP contribution in [0.1, 0.15) is 19.4 Å². The number of fused-ring (bicyclic) bond motifs is 1. The minimum atomic E-state index is -0.200. The summed E-state index contributed by atoms with van der Waals surface area (Å²) in [6, 6.07) is 9.19. The van der Waals surface area contributed by atoms with Gasteiger partial charge in [-0.2, -0.15) is 0 Å². The third-order valence-corrected chi connectivity index (χ3v) is 2.93. The molecule has 0 saturated heterocycles. The van der Waals surface area contributed by atoms with Gasteiger partial charge in [0.05, 0.1) is 0 Å². The maximum absolute atomic E-state index is 5.92. The number of aromatic nitrogens is 2. The van der Waals surface area contributed by atoms with Crippen molar-refractivity contribution < 1.29 is 9.47 Å². The topological polar surface area (TPSA) is 70.3 Å². The number of nitrogens with two attached hydrogens (primary N) is 1. The van der Waals surface area contributed by atoms with Crippen molar-refractivity contribution in [3.63, 3.8) is 0 Å². The monoisotopic (exact) mass is 257 g/mol. The lowest BCUT2D eigenvalue weighted by Gasteiger charge is -2.18. The molecule has 1 aromatic heterocycles. The molecule has 0 bridgehead atoms. The van der Waals surface area contributed by atoms with Gasteiger partial charge in [0, 0.05) is 18.1 Å². The van der Waals surface area contributed by atoms with E-state index < -0.39 is 0 Å². The van der Waals surface area contributed by atoms with Gasteiger partial charge in [0.2, 0.25) is 5.88 Å². The van der Waals surface area contributed by atoms with E-state index in [4.69, 9.17) is 15.2 Å². The van der Waals surface area contributed by atoms with Gasteiger partial charge in [-0.25, -0.2) is 0 Å². The molecule has 0 unspecified atom stereocenters. The molecule has 3 rings (SSSR count). The Morgan fingerprint density at radius 3 is 2.79 bits per heavy atom. The number of anilines is 1. The Kier molecular flexibility index (Phi) is 2.55. The van der Waals surface area contributed by atoms with Gasteiger partial charge in [-0.05, 0) is 26.0 Å². The van der Waals surface area contributed by atoms with E-state index in [0.717, 1.165) is 17.7 Å². The fourth-order valence-corrected chi connectivity index (χ4v) is 2.17. The molecular weight excluding hydrogens is 242 g/mol. The maximum Gasteiger partial charge on any atom is 0.239 e. The van der Waals surface area contributed by atoms with Gasteiger partial charge in [0.1, 0.15) is 11.4 Å². The van der Waals surface area contributed by atoms with Crippen LogP contribution in [0.15, 0.2) is 30.3 Å². The quantitative estimate of drug-likeness (QED) is 0.895. The Bertz CT molecular complexity index is 609. The predicted molar refractivity (Wildman–Crippen MR) is 71.4 cm³/mol. The summed E-state index contributed by atoms with van der Waals surface area (Å²) in [5.41, 5.74) is 6.44. The number of nitrogens with zero attached hydrogens (tertiary/aromatic N) is 2. The van der Waals surface area contributed by atoms with Gasteiger partial charge in [-0.1, -0.05) is 12.1 Å². The maximum atomic E-state index is 5.92. The number of ether oxygens (including phenoxy) is 2. The highest BCUT2D eigenvalue weighted by Crippen LogP contribution is 2.42. The van der Waals surface area contributed by atoms with Crippen LogP contribution < -0.4 is 15.2 Å². The van der Waals surface area contributed by atoms with Crippen molar-refractivity contribution >= 4 is 5.82 Å². The van der Waals surface area contributed by atoms with Crippen LogP contribution in [-0.4, -0.2) is 15.8 Å². The molecule has 0 saturated carbocycles. The average molecular weight is 257 g/mol. The molecule has 0 amide bonds. The molecule has 0 fully saturated rings. The highest BCUT2D eigenvalue weighted by atomic mass is 16.5. The molecule has 1 aromatic carbocycles. The third-order valence-electron chi connectivity index (χ3n) is 2.93. The molecule has 5 heteroatoms. The summed E-state index contributed by atoms with van der Waals surface area (Å²) in [7, 11) is 0. The van der Waals surface area contributed by atoms with Crippen LogP contribution in [0.25, 0.3) is 0 Å². The average Bonchev–Trinajstić information content (AvgIpc) is 2.67. The number of benzene rings is 1. The van der Waals surface area contributed by atoms with Crippen molar-refractivity contribution in [1.29, 1.82) is 0 Å². The molecule has 2 aromatic rings. The number of hydrogen-bond donors (Lipinski definition) is 1. The molecule has 0 radical (unpaired) electrons. The lowest BCUT2D eigenvalue weighted by Crippen LogP contribution is -2.24. The molecule has 19 heavy (non-hydrogen) atoms. The van der Waals surface area contributed by atoms with E-state index >= 15 is 0 Å². The number of para-hydroxylation sites is 1. The van der Waals surface area contributed by atoms with Gasteiger partial charge >= 0.3 is 0 Å². The largest absolute Gasteiger partial charge is 0.483 e. The summed E-state index contributed by atoms with van der Waals surface area (Å²) in [4.78, 5) is 0. The highest BCUT2D eigenvalue weighted by molar-refractivity contribution is 5.51. The summed E-state index contributed by atoms with van der Waals surface area (Å²) in [5, 5.41) is 7.64. The van der Waals surface area contributed by atoms with E-state index in [0.29, 0.717) is 17.4 Å². The van der Waals surface area contributed by atoms with Crippen molar-refractivity contribution in [3.8, 4) is 17.4 Å². The minimum Gasteiger partial charge on any atom is -0.483 e. The Labute approximate surface area is 111 Å². The van der Waals surface area contributed by atoms with Crippen LogP contribution in [0.4, 0.5) is 5.82 Å². The van der Waals surface area contributed by atoms with Crippen LogP contribution in [0.3, 0.4) is 0 Å². The van der Waals surface area contributed by atoms with Crippen LogP contribution in [0.2, 0.25) is 0 Å². The first-order valence-electron chi connectivity index (χ1n) is 6.11. The Hall–Kier alpha value is -2.30. The Balaban J connectivity index is 1.91. The van der Waals surface area contributed by atoms with E-state index in [2.05, 4.69) is 24.0 Å². The van der Waals surface area contributed by atoms with Crippen LogP contribution in [0.5, 0.6) is 17.4 Å². The zero-order valence-electron chi connectivity index (χ0n) is 10.9. The van der Waals surface area contributed by atoms with E-state index in [1.54, 1.807) is 12.1 Å². The van der Waals surface area contributed by atoms with Gasteiger partial charge < -0.3 is 15.2 Å². The molecular formula is C14H15N3O2. The third kappa shape index (κ3) is 2.31. The van der Waals surface area contributed by atoms with Crippen molar-refractivity contribution in [2.75, 3.05) is 5.73 Å². The zero-order chi connectivity index (χ0) is 13.5. The lowest BCUT2D eigenvalue weighted by atomic mass is 10.0. The first kappa shape index (κ1) is 11.8. The van der Waals surface area contributed by atoms with Gasteiger partial charge in [0.15, 0.2) is 11.5 Å². The van der Waals surface area contributed by atoms with Crippen LogP contribution in [0, 0.1) is 0 Å². The predicted octanol–water partition coefficient (Wildman–Crippen LogP) is 2.56. The van der Waals surface area contributed by atoms with Gasteiger partial charge in [-0.15, -0.1) is 10.2 Å². The normalized spacial score (nSPS) is 15.7. The van der Waals surface area contributed by atoms with Crippen molar-refractivity contribution in [2.24, 2.45) is 0 Å². The second-order valence-corrected chi connectivity index (χ2v) is 5.18. The minimum absolute atomic E-state index is 0.200.